The van der Waals surface area contributed by atoms with Gasteiger partial charge in [0.2, 0.25) is 5.91 Å². The standard InChI is InChI=1S/C24H24N2O2/c1-2-19-13-9-10-16-21(19)25-24(28)22(17-18-11-5-3-6-12-18)26-23(27)20-14-7-4-8-15-20/h3-16,22H,2,17H2,1H3,(H,25,28)(H,26,27). The Morgan fingerprint density at radius 3 is 2.11 bits per heavy atom. The topological polar surface area (TPSA) is 58.2 Å². The lowest BCUT2D eigenvalue weighted by molar-refractivity contribution is -0.118. The van der Waals surface area contributed by atoms with Crippen LogP contribution in [0.2, 0.25) is 0 Å². The van der Waals surface area contributed by atoms with E-state index in [1.807, 2.05) is 67.6 Å². The van der Waals surface area contributed by atoms with E-state index in [-0.39, 0.29) is 11.8 Å². The summed E-state index contributed by atoms with van der Waals surface area (Å²) >= 11 is 0. The molecule has 1 atom stereocenters. The van der Waals surface area contributed by atoms with Crippen LogP contribution in [0.15, 0.2) is 84.9 Å². The van der Waals surface area contributed by atoms with Gasteiger partial charge in [0, 0.05) is 17.7 Å². The van der Waals surface area contributed by atoms with Crippen LogP contribution in [0, 0.1) is 0 Å². The summed E-state index contributed by atoms with van der Waals surface area (Å²) < 4.78 is 0. The van der Waals surface area contributed by atoms with Crippen LogP contribution in [0.1, 0.15) is 28.4 Å². The Morgan fingerprint density at radius 1 is 0.821 bits per heavy atom. The predicted molar refractivity (Wildman–Crippen MR) is 112 cm³/mol. The lowest BCUT2D eigenvalue weighted by Crippen LogP contribution is -2.45. The van der Waals surface area contributed by atoms with E-state index in [4.69, 9.17) is 0 Å². The van der Waals surface area contributed by atoms with Crippen LogP contribution in [0.25, 0.3) is 0 Å². The van der Waals surface area contributed by atoms with E-state index < -0.39 is 6.04 Å². The number of rotatable bonds is 7. The minimum Gasteiger partial charge on any atom is -0.340 e. The summed E-state index contributed by atoms with van der Waals surface area (Å²) in [6, 6.07) is 25.7. The van der Waals surface area contributed by atoms with Crippen LogP contribution < -0.4 is 10.6 Å². The van der Waals surface area contributed by atoms with Crippen LogP contribution in [0.3, 0.4) is 0 Å². The zero-order chi connectivity index (χ0) is 19.8. The Balaban J connectivity index is 1.80. The van der Waals surface area contributed by atoms with Crippen molar-refractivity contribution in [2.75, 3.05) is 5.32 Å². The van der Waals surface area contributed by atoms with Crippen molar-refractivity contribution in [3.8, 4) is 0 Å². The van der Waals surface area contributed by atoms with Crippen molar-refractivity contribution in [1.29, 1.82) is 0 Å². The molecule has 2 N–H and O–H groups in total. The lowest BCUT2D eigenvalue weighted by Gasteiger charge is -2.20. The highest BCUT2D eigenvalue weighted by Gasteiger charge is 2.22. The van der Waals surface area contributed by atoms with Gasteiger partial charge < -0.3 is 10.6 Å². The fourth-order valence-corrected chi connectivity index (χ4v) is 3.06. The second kappa shape index (κ2) is 9.51. The molecular formula is C24H24N2O2. The summed E-state index contributed by atoms with van der Waals surface area (Å²) in [5.41, 5.74) is 3.35. The molecule has 142 valence electrons. The third-order valence-electron chi connectivity index (χ3n) is 4.60. The van der Waals surface area contributed by atoms with Crippen molar-refractivity contribution >= 4 is 17.5 Å². The molecule has 2 amide bonds. The summed E-state index contributed by atoms with van der Waals surface area (Å²) in [4.78, 5) is 25.7. The first-order chi connectivity index (χ1) is 13.7. The first-order valence-corrected chi connectivity index (χ1v) is 9.46. The van der Waals surface area contributed by atoms with E-state index in [0.717, 1.165) is 23.2 Å². The Hall–Kier alpha value is -3.40. The zero-order valence-corrected chi connectivity index (χ0v) is 15.9. The molecule has 0 saturated heterocycles. The second-order valence-electron chi connectivity index (χ2n) is 6.58. The fraction of sp³-hybridized carbons (Fsp3) is 0.167. The van der Waals surface area contributed by atoms with Crippen LogP contribution >= 0.6 is 0 Å². The Labute approximate surface area is 165 Å². The average Bonchev–Trinajstić information content (AvgIpc) is 2.75. The van der Waals surface area contributed by atoms with Crippen molar-refractivity contribution in [3.63, 3.8) is 0 Å². The molecule has 0 heterocycles. The molecule has 3 aromatic rings. The smallest absolute Gasteiger partial charge is 0.251 e. The zero-order valence-electron chi connectivity index (χ0n) is 15.9. The molecule has 0 fully saturated rings. The molecule has 3 aromatic carbocycles. The summed E-state index contributed by atoms with van der Waals surface area (Å²) in [6.45, 7) is 2.05. The monoisotopic (exact) mass is 372 g/mol. The summed E-state index contributed by atoms with van der Waals surface area (Å²) in [7, 11) is 0. The van der Waals surface area contributed by atoms with Crippen LogP contribution in [0.4, 0.5) is 5.69 Å². The van der Waals surface area contributed by atoms with Crippen LogP contribution in [-0.2, 0) is 17.6 Å². The van der Waals surface area contributed by atoms with E-state index in [2.05, 4.69) is 10.6 Å². The third kappa shape index (κ3) is 5.07. The van der Waals surface area contributed by atoms with Gasteiger partial charge in [0.15, 0.2) is 0 Å². The van der Waals surface area contributed by atoms with Crippen molar-refractivity contribution in [1.82, 2.24) is 5.32 Å². The van der Waals surface area contributed by atoms with Crippen molar-refractivity contribution < 1.29 is 9.59 Å². The van der Waals surface area contributed by atoms with E-state index in [0.29, 0.717) is 12.0 Å². The minimum atomic E-state index is -0.681. The highest BCUT2D eigenvalue weighted by Crippen LogP contribution is 2.16. The molecule has 0 bridgehead atoms. The number of hydrogen-bond donors (Lipinski definition) is 2. The van der Waals surface area contributed by atoms with Gasteiger partial charge in [0.1, 0.15) is 6.04 Å². The molecule has 0 aromatic heterocycles. The highest BCUT2D eigenvalue weighted by molar-refractivity contribution is 6.01. The van der Waals surface area contributed by atoms with E-state index in [9.17, 15) is 9.59 Å². The maximum Gasteiger partial charge on any atom is 0.251 e. The molecule has 28 heavy (non-hydrogen) atoms. The van der Waals surface area contributed by atoms with Gasteiger partial charge in [0.05, 0.1) is 0 Å². The number of aryl methyl sites for hydroxylation is 1. The Bertz CT molecular complexity index is 924. The Morgan fingerprint density at radius 2 is 1.43 bits per heavy atom. The third-order valence-corrected chi connectivity index (χ3v) is 4.60. The molecule has 0 aliphatic rings. The van der Waals surface area contributed by atoms with Gasteiger partial charge in [-0.25, -0.2) is 0 Å². The molecular weight excluding hydrogens is 348 g/mol. The molecule has 4 nitrogen and oxygen atoms in total. The maximum absolute atomic E-state index is 13.0. The van der Waals surface area contributed by atoms with E-state index >= 15 is 0 Å². The number of anilines is 1. The number of hydrogen-bond acceptors (Lipinski definition) is 2. The van der Waals surface area contributed by atoms with Crippen molar-refractivity contribution in [3.05, 3.63) is 102 Å². The van der Waals surface area contributed by atoms with Gasteiger partial charge in [0.25, 0.3) is 5.91 Å². The fourth-order valence-electron chi connectivity index (χ4n) is 3.06. The summed E-state index contributed by atoms with van der Waals surface area (Å²) in [5.74, 6) is -0.491. The molecule has 0 saturated carbocycles. The largest absolute Gasteiger partial charge is 0.340 e. The van der Waals surface area contributed by atoms with Crippen LogP contribution in [-0.4, -0.2) is 17.9 Å². The Kier molecular flexibility index (Phi) is 6.58. The quantitative estimate of drug-likeness (QED) is 0.652. The normalized spacial score (nSPS) is 11.5. The summed E-state index contributed by atoms with van der Waals surface area (Å²) in [6.07, 6.45) is 1.23. The highest BCUT2D eigenvalue weighted by atomic mass is 16.2. The maximum atomic E-state index is 13.0. The van der Waals surface area contributed by atoms with Gasteiger partial charge in [-0.3, -0.25) is 9.59 Å². The number of amides is 2. The van der Waals surface area contributed by atoms with Gasteiger partial charge >= 0.3 is 0 Å². The molecule has 1 unspecified atom stereocenters. The molecule has 0 aliphatic heterocycles. The van der Waals surface area contributed by atoms with E-state index in [1.54, 1.807) is 24.3 Å². The minimum absolute atomic E-state index is 0.228. The van der Waals surface area contributed by atoms with E-state index in [1.165, 1.54) is 0 Å². The molecule has 0 spiro atoms. The lowest BCUT2D eigenvalue weighted by atomic mass is 10.0. The van der Waals surface area contributed by atoms with Crippen LogP contribution in [0.5, 0.6) is 0 Å². The number of carbonyl (C=O) groups is 2. The summed E-state index contributed by atoms with van der Waals surface area (Å²) in [5, 5.41) is 5.87. The van der Waals surface area contributed by atoms with Crippen molar-refractivity contribution in [2.24, 2.45) is 0 Å². The molecule has 0 aliphatic carbocycles. The number of benzene rings is 3. The van der Waals surface area contributed by atoms with Gasteiger partial charge in [-0.05, 0) is 35.7 Å². The number of nitrogens with one attached hydrogen (secondary N) is 2. The number of carbonyl (C=O) groups excluding carboxylic acids is 2. The molecule has 4 heteroatoms. The second-order valence-corrected chi connectivity index (χ2v) is 6.58. The van der Waals surface area contributed by atoms with Gasteiger partial charge in [-0.15, -0.1) is 0 Å². The van der Waals surface area contributed by atoms with Gasteiger partial charge in [-0.2, -0.15) is 0 Å². The first kappa shape index (κ1) is 19.4. The molecule has 0 radical (unpaired) electrons. The first-order valence-electron chi connectivity index (χ1n) is 9.46. The average molecular weight is 372 g/mol. The van der Waals surface area contributed by atoms with Gasteiger partial charge in [-0.1, -0.05) is 73.7 Å². The molecule has 3 rings (SSSR count). The van der Waals surface area contributed by atoms with Crippen molar-refractivity contribution in [2.45, 2.75) is 25.8 Å². The predicted octanol–water partition coefficient (Wildman–Crippen LogP) is 4.23. The SMILES string of the molecule is CCc1ccccc1NC(=O)C(Cc1ccccc1)NC(=O)c1ccccc1. The number of para-hydroxylation sites is 1.